The zero-order chi connectivity index (χ0) is 15.0. The fourth-order valence-electron chi connectivity index (χ4n) is 2.52. The number of alkyl halides is 1. The Morgan fingerprint density at radius 2 is 1.45 bits per heavy atom. The zero-order valence-electron chi connectivity index (χ0n) is 12.0. The van der Waals surface area contributed by atoms with Crippen LogP contribution in [0, 0.1) is 27.7 Å². The van der Waals surface area contributed by atoms with Gasteiger partial charge in [-0.3, -0.25) is 0 Å². The van der Waals surface area contributed by atoms with Crippen LogP contribution in [-0.4, -0.2) is 0 Å². The summed E-state index contributed by atoms with van der Waals surface area (Å²) in [5.74, 6) is 0. The first-order valence-corrected chi connectivity index (χ1v) is 8.09. The number of hydrogen-bond acceptors (Lipinski definition) is 0. The van der Waals surface area contributed by atoms with Gasteiger partial charge in [0, 0.05) is 9.50 Å². The third-order valence-electron chi connectivity index (χ3n) is 3.86. The minimum atomic E-state index is -0.191. The summed E-state index contributed by atoms with van der Waals surface area (Å²) in [5, 5.41) is 0.503. The van der Waals surface area contributed by atoms with Crippen molar-refractivity contribution in [1.29, 1.82) is 0 Å². The maximum Gasteiger partial charge on any atom is 0.0841 e. The van der Waals surface area contributed by atoms with E-state index in [1.165, 1.54) is 27.8 Å². The number of halogens is 3. The van der Waals surface area contributed by atoms with E-state index in [1.54, 1.807) is 0 Å². The Bertz CT molecular complexity index is 616. The molecule has 0 bridgehead atoms. The predicted octanol–water partition coefficient (Wildman–Crippen LogP) is 6.66. The maximum absolute atomic E-state index is 6.75. The summed E-state index contributed by atoms with van der Waals surface area (Å²) < 4.78 is 0.949. The molecule has 0 saturated heterocycles. The first kappa shape index (κ1) is 15.9. The highest BCUT2D eigenvalue weighted by Crippen LogP contribution is 2.37. The van der Waals surface area contributed by atoms with Gasteiger partial charge in [-0.15, -0.1) is 11.6 Å². The molecule has 0 aliphatic rings. The lowest BCUT2D eigenvalue weighted by Gasteiger charge is -2.20. The highest BCUT2D eigenvalue weighted by atomic mass is 79.9. The van der Waals surface area contributed by atoms with Gasteiger partial charge in [-0.05, 0) is 79.3 Å². The maximum atomic E-state index is 6.75. The molecule has 0 heterocycles. The topological polar surface area (TPSA) is 0 Å². The van der Waals surface area contributed by atoms with E-state index in [0.717, 1.165) is 10.0 Å². The van der Waals surface area contributed by atoms with E-state index in [0.29, 0.717) is 5.02 Å². The van der Waals surface area contributed by atoms with Crippen LogP contribution in [0.4, 0.5) is 0 Å². The average Bonchev–Trinajstić information content (AvgIpc) is 2.35. The van der Waals surface area contributed by atoms with Crippen molar-refractivity contribution in [2.75, 3.05) is 0 Å². The molecule has 0 radical (unpaired) electrons. The molecule has 2 rings (SSSR count). The number of rotatable bonds is 2. The zero-order valence-corrected chi connectivity index (χ0v) is 15.1. The SMILES string of the molecule is Cc1cc(C)c(C)c(C(Cl)c2cc(Cl)cc(Br)c2)c1C. The summed E-state index contributed by atoms with van der Waals surface area (Å²) in [6, 6.07) is 8.04. The average molecular weight is 372 g/mol. The van der Waals surface area contributed by atoms with Crippen LogP contribution in [0.25, 0.3) is 0 Å². The second kappa shape index (κ2) is 6.09. The minimum Gasteiger partial charge on any atom is -0.113 e. The van der Waals surface area contributed by atoms with Crippen LogP contribution in [-0.2, 0) is 0 Å². The summed E-state index contributed by atoms with van der Waals surface area (Å²) in [5.41, 5.74) is 7.26. The molecule has 1 unspecified atom stereocenters. The number of aryl methyl sites for hydroxylation is 2. The van der Waals surface area contributed by atoms with Gasteiger partial charge in [-0.1, -0.05) is 33.6 Å². The molecule has 0 amide bonds. The Kier molecular flexibility index (Phi) is 4.84. The summed E-state index contributed by atoms with van der Waals surface area (Å²) in [6.07, 6.45) is 0. The van der Waals surface area contributed by atoms with Gasteiger partial charge in [0.05, 0.1) is 5.38 Å². The Morgan fingerprint density at radius 1 is 0.900 bits per heavy atom. The molecule has 0 saturated carbocycles. The van der Waals surface area contributed by atoms with Gasteiger partial charge < -0.3 is 0 Å². The molecule has 20 heavy (non-hydrogen) atoms. The van der Waals surface area contributed by atoms with Crippen molar-refractivity contribution in [3.63, 3.8) is 0 Å². The van der Waals surface area contributed by atoms with Gasteiger partial charge in [0.1, 0.15) is 0 Å². The number of benzene rings is 2. The van der Waals surface area contributed by atoms with E-state index in [9.17, 15) is 0 Å². The molecule has 0 N–H and O–H groups in total. The van der Waals surface area contributed by atoms with Crippen LogP contribution < -0.4 is 0 Å². The molecule has 0 aliphatic carbocycles. The van der Waals surface area contributed by atoms with Crippen LogP contribution in [0.15, 0.2) is 28.7 Å². The van der Waals surface area contributed by atoms with Crippen LogP contribution in [0.5, 0.6) is 0 Å². The summed E-state index contributed by atoms with van der Waals surface area (Å²) >= 11 is 16.4. The fraction of sp³-hybridized carbons (Fsp3) is 0.294. The van der Waals surface area contributed by atoms with Crippen molar-refractivity contribution >= 4 is 39.1 Å². The standard InChI is InChI=1S/C17H17BrCl2/c1-9-5-10(2)12(4)16(11(9)3)17(20)13-6-14(18)8-15(19)7-13/h5-8,17H,1-4H3. The van der Waals surface area contributed by atoms with E-state index < -0.39 is 0 Å². The van der Waals surface area contributed by atoms with Gasteiger partial charge in [0.2, 0.25) is 0 Å². The molecule has 2 aromatic carbocycles. The Hall–Kier alpha value is -0.500. The Morgan fingerprint density at radius 3 is 1.95 bits per heavy atom. The molecule has 0 spiro atoms. The minimum absolute atomic E-state index is 0.191. The highest BCUT2D eigenvalue weighted by Gasteiger charge is 2.19. The molecule has 0 fully saturated rings. The molecular formula is C17H17BrCl2. The van der Waals surface area contributed by atoms with E-state index >= 15 is 0 Å². The third kappa shape index (κ3) is 3.05. The molecular weight excluding hydrogens is 355 g/mol. The molecule has 0 aliphatic heterocycles. The smallest absolute Gasteiger partial charge is 0.0841 e. The second-order valence-electron chi connectivity index (χ2n) is 5.24. The number of hydrogen-bond donors (Lipinski definition) is 0. The fourth-order valence-corrected chi connectivity index (χ4v) is 3.86. The van der Waals surface area contributed by atoms with Crippen LogP contribution in [0.3, 0.4) is 0 Å². The molecule has 0 aromatic heterocycles. The summed E-state index contributed by atoms with van der Waals surface area (Å²) in [6.45, 7) is 8.52. The van der Waals surface area contributed by atoms with E-state index in [-0.39, 0.29) is 5.38 Å². The second-order valence-corrected chi connectivity index (χ2v) is 7.03. The first-order chi connectivity index (χ1) is 9.31. The van der Waals surface area contributed by atoms with Gasteiger partial charge >= 0.3 is 0 Å². The van der Waals surface area contributed by atoms with Crippen LogP contribution in [0.1, 0.15) is 38.8 Å². The Labute approximate surface area is 139 Å². The summed E-state index contributed by atoms with van der Waals surface area (Å²) in [7, 11) is 0. The van der Waals surface area contributed by atoms with Crippen molar-refractivity contribution in [3.05, 3.63) is 67.1 Å². The first-order valence-electron chi connectivity index (χ1n) is 6.48. The van der Waals surface area contributed by atoms with Gasteiger partial charge in [0.15, 0.2) is 0 Å². The Balaban J connectivity index is 2.61. The van der Waals surface area contributed by atoms with Crippen LogP contribution in [0.2, 0.25) is 5.02 Å². The molecule has 3 heteroatoms. The molecule has 1 atom stereocenters. The van der Waals surface area contributed by atoms with E-state index in [1.807, 2.05) is 18.2 Å². The van der Waals surface area contributed by atoms with Crippen molar-refractivity contribution in [2.45, 2.75) is 33.1 Å². The normalized spacial score (nSPS) is 12.6. The highest BCUT2D eigenvalue weighted by molar-refractivity contribution is 9.10. The van der Waals surface area contributed by atoms with E-state index in [2.05, 4.69) is 49.7 Å². The predicted molar refractivity (Wildman–Crippen MR) is 92.2 cm³/mol. The van der Waals surface area contributed by atoms with Crippen molar-refractivity contribution < 1.29 is 0 Å². The molecule has 106 valence electrons. The van der Waals surface area contributed by atoms with Crippen molar-refractivity contribution in [3.8, 4) is 0 Å². The van der Waals surface area contributed by atoms with Gasteiger partial charge in [-0.2, -0.15) is 0 Å². The van der Waals surface area contributed by atoms with Crippen molar-refractivity contribution in [1.82, 2.24) is 0 Å². The quantitative estimate of drug-likeness (QED) is 0.517. The molecule has 2 aromatic rings. The molecule has 0 nitrogen and oxygen atoms in total. The van der Waals surface area contributed by atoms with Gasteiger partial charge in [-0.25, -0.2) is 0 Å². The lowest BCUT2D eigenvalue weighted by molar-refractivity contribution is 1.05. The summed E-state index contributed by atoms with van der Waals surface area (Å²) in [4.78, 5) is 0. The third-order valence-corrected chi connectivity index (χ3v) is 5.00. The van der Waals surface area contributed by atoms with Crippen molar-refractivity contribution in [2.24, 2.45) is 0 Å². The lowest BCUT2D eigenvalue weighted by Crippen LogP contribution is -2.03. The van der Waals surface area contributed by atoms with E-state index in [4.69, 9.17) is 23.2 Å². The van der Waals surface area contributed by atoms with Gasteiger partial charge in [0.25, 0.3) is 0 Å². The monoisotopic (exact) mass is 370 g/mol. The largest absolute Gasteiger partial charge is 0.113 e. The lowest BCUT2D eigenvalue weighted by atomic mass is 9.90. The van der Waals surface area contributed by atoms with Crippen LogP contribution >= 0.6 is 39.1 Å².